The van der Waals surface area contributed by atoms with Gasteiger partial charge in [0.25, 0.3) is 11.1 Å². The zero-order valence-corrected chi connectivity index (χ0v) is 30.4. The number of aromatic nitrogens is 4. The SMILES string of the molecule is COCC1(C)Oc2ccc(Br)cc2C(Oc2ccc(=O)n(C)n2)C1O.COCC1(C)Oc2ccc(C#N)cc2C(Oc2ccc(=O)n(C)n2)C1O. The highest BCUT2D eigenvalue weighted by molar-refractivity contribution is 9.10. The van der Waals surface area contributed by atoms with Crippen LogP contribution in [-0.4, -0.2) is 80.6 Å². The van der Waals surface area contributed by atoms with Gasteiger partial charge < -0.3 is 38.6 Å². The van der Waals surface area contributed by atoms with Gasteiger partial charge in [-0.15, -0.1) is 10.2 Å². The van der Waals surface area contributed by atoms with Gasteiger partial charge in [0.2, 0.25) is 11.8 Å². The van der Waals surface area contributed by atoms with Crippen LogP contribution in [0, 0.1) is 11.3 Å². The quantitative estimate of drug-likeness (QED) is 0.267. The van der Waals surface area contributed by atoms with Crippen molar-refractivity contribution in [3.8, 4) is 29.3 Å². The molecule has 6 unspecified atom stereocenters. The van der Waals surface area contributed by atoms with E-state index in [1.165, 1.54) is 50.2 Å². The molecule has 0 aliphatic carbocycles. The van der Waals surface area contributed by atoms with Gasteiger partial charge in [0.05, 0.1) is 24.8 Å². The number of ether oxygens (including phenoxy) is 6. The molecule has 6 rings (SSSR count). The highest BCUT2D eigenvalue weighted by atomic mass is 79.9. The molecule has 0 saturated carbocycles. The lowest BCUT2D eigenvalue weighted by atomic mass is 9.87. The van der Waals surface area contributed by atoms with Crippen molar-refractivity contribution in [2.24, 2.45) is 14.1 Å². The van der Waals surface area contributed by atoms with E-state index >= 15 is 0 Å². The highest BCUT2D eigenvalue weighted by Gasteiger charge is 2.49. The van der Waals surface area contributed by atoms with Crippen LogP contribution >= 0.6 is 15.9 Å². The van der Waals surface area contributed by atoms with Gasteiger partial charge in [-0.1, -0.05) is 15.9 Å². The molecule has 15 nitrogen and oxygen atoms in total. The average molecular weight is 769 g/mol. The molecule has 4 aromatic rings. The van der Waals surface area contributed by atoms with E-state index < -0.39 is 35.6 Å². The Morgan fingerprint density at radius 3 is 1.67 bits per heavy atom. The zero-order chi connectivity index (χ0) is 37.1. The van der Waals surface area contributed by atoms with E-state index in [2.05, 4.69) is 32.2 Å². The Balaban J connectivity index is 0.000000198. The molecule has 2 aliphatic rings. The van der Waals surface area contributed by atoms with E-state index in [4.69, 9.17) is 28.4 Å². The fourth-order valence-corrected chi connectivity index (χ4v) is 6.16. The second-order valence-corrected chi connectivity index (χ2v) is 13.4. The summed E-state index contributed by atoms with van der Waals surface area (Å²) in [7, 11) is 6.10. The lowest BCUT2D eigenvalue weighted by Crippen LogP contribution is -2.55. The third-order valence-electron chi connectivity index (χ3n) is 8.46. The molecule has 0 fully saturated rings. The van der Waals surface area contributed by atoms with Crippen molar-refractivity contribution >= 4 is 15.9 Å². The van der Waals surface area contributed by atoms with Crippen LogP contribution in [0.2, 0.25) is 0 Å². The minimum absolute atomic E-state index is 0.133. The predicted octanol–water partition coefficient (Wildman–Crippen LogP) is 2.75. The smallest absolute Gasteiger partial charge is 0.266 e. The Kier molecular flexibility index (Phi) is 11.2. The lowest BCUT2D eigenvalue weighted by molar-refractivity contribution is -0.138. The number of nitriles is 1. The molecule has 0 amide bonds. The average Bonchev–Trinajstić information content (AvgIpc) is 3.09. The van der Waals surface area contributed by atoms with Crippen LogP contribution in [0.1, 0.15) is 42.7 Å². The molecule has 2 N–H and O–H groups in total. The van der Waals surface area contributed by atoms with Crippen molar-refractivity contribution in [1.29, 1.82) is 5.26 Å². The van der Waals surface area contributed by atoms with Gasteiger partial charge >= 0.3 is 0 Å². The molecule has 2 aliphatic heterocycles. The van der Waals surface area contributed by atoms with Crippen LogP contribution in [0.4, 0.5) is 0 Å². The summed E-state index contributed by atoms with van der Waals surface area (Å²) in [5, 5.41) is 39.1. The van der Waals surface area contributed by atoms with E-state index in [1.807, 2.05) is 18.2 Å². The van der Waals surface area contributed by atoms with Crippen LogP contribution in [0.5, 0.6) is 23.3 Å². The molecular weight excluding hydrogens is 730 g/mol. The number of nitrogens with zero attached hydrogens (tertiary/aromatic N) is 5. The number of halogens is 1. The first kappa shape index (κ1) is 37.5. The summed E-state index contributed by atoms with van der Waals surface area (Å²) >= 11 is 3.43. The first-order chi connectivity index (χ1) is 24.2. The van der Waals surface area contributed by atoms with Crippen LogP contribution in [0.15, 0.2) is 74.7 Å². The van der Waals surface area contributed by atoms with Gasteiger partial charge in [0, 0.05) is 68.2 Å². The predicted molar refractivity (Wildman–Crippen MR) is 185 cm³/mol. The number of hydrogen-bond donors (Lipinski definition) is 2. The fourth-order valence-electron chi connectivity index (χ4n) is 5.78. The minimum atomic E-state index is -1.09. The summed E-state index contributed by atoms with van der Waals surface area (Å²) in [6.45, 7) is 3.79. The van der Waals surface area contributed by atoms with E-state index in [0.29, 0.717) is 28.2 Å². The molecule has 2 aromatic heterocycles. The summed E-state index contributed by atoms with van der Waals surface area (Å²) in [5.74, 6) is 1.50. The number of rotatable bonds is 8. The standard InChI is InChI=1S/C18H19N3O5.C17H19BrN2O5/c1-18(10-24-3)17(23)16(25-14-6-7-15(22)21(2)20-14)12-8-11(9-19)4-5-13(12)26-18;1-17(9-23-3)16(22)15(11-8-10(18)4-5-12(11)25-17)24-13-6-7-14(21)20(2)19-13/h4-8,16-17,23H,10H2,1-3H3;4-8,15-16,22H,9H2,1-3H3. The highest BCUT2D eigenvalue weighted by Crippen LogP contribution is 2.44. The molecular formula is C35H38BrN5O10. The van der Waals surface area contributed by atoms with E-state index in [9.17, 15) is 25.1 Å². The van der Waals surface area contributed by atoms with Crippen molar-refractivity contribution in [2.45, 2.75) is 49.5 Å². The zero-order valence-electron chi connectivity index (χ0n) is 28.8. The Morgan fingerprint density at radius 2 is 1.24 bits per heavy atom. The maximum Gasteiger partial charge on any atom is 0.266 e. The van der Waals surface area contributed by atoms with Crippen molar-refractivity contribution in [3.05, 3.63) is 103 Å². The van der Waals surface area contributed by atoms with Crippen molar-refractivity contribution < 1.29 is 38.6 Å². The Morgan fingerprint density at radius 1 is 0.784 bits per heavy atom. The van der Waals surface area contributed by atoms with E-state index in [1.54, 1.807) is 39.2 Å². The first-order valence-corrected chi connectivity index (χ1v) is 16.5. The molecule has 0 radical (unpaired) electrons. The van der Waals surface area contributed by atoms with Crippen molar-refractivity contribution in [3.63, 3.8) is 0 Å². The van der Waals surface area contributed by atoms with Crippen molar-refractivity contribution in [2.75, 3.05) is 27.4 Å². The number of fused-ring (bicyclic) bond motifs is 2. The molecule has 6 atom stereocenters. The van der Waals surface area contributed by atoms with E-state index in [0.717, 1.165) is 9.15 Å². The van der Waals surface area contributed by atoms with Gasteiger partial charge in [-0.2, -0.15) is 5.26 Å². The lowest BCUT2D eigenvalue weighted by Gasteiger charge is -2.43. The van der Waals surface area contributed by atoms with Crippen LogP contribution in [0.3, 0.4) is 0 Å². The Hall–Kier alpha value is -4.79. The number of aliphatic hydroxyl groups excluding tert-OH is 2. The first-order valence-electron chi connectivity index (χ1n) is 15.7. The summed E-state index contributed by atoms with van der Waals surface area (Å²) in [5.41, 5.74) is -0.931. The van der Waals surface area contributed by atoms with Gasteiger partial charge in [-0.3, -0.25) is 9.59 Å². The normalized spacial score (nSPS) is 24.7. The van der Waals surface area contributed by atoms with Crippen molar-refractivity contribution in [1.82, 2.24) is 19.6 Å². The molecule has 0 saturated heterocycles. The summed E-state index contributed by atoms with van der Waals surface area (Å²) in [6, 6.07) is 18.1. The summed E-state index contributed by atoms with van der Waals surface area (Å²) in [4.78, 5) is 23.0. The topological polar surface area (TPSA) is 189 Å². The second-order valence-electron chi connectivity index (χ2n) is 12.5. The van der Waals surface area contributed by atoms with Crippen LogP contribution < -0.4 is 30.1 Å². The Bertz CT molecular complexity index is 2050. The molecule has 2 aromatic carbocycles. The number of aryl methyl sites for hydroxylation is 2. The second kappa shape index (κ2) is 15.2. The van der Waals surface area contributed by atoms with Crippen LogP contribution in [0.25, 0.3) is 0 Å². The monoisotopic (exact) mass is 767 g/mol. The van der Waals surface area contributed by atoms with E-state index in [-0.39, 0.29) is 36.1 Å². The molecule has 51 heavy (non-hydrogen) atoms. The molecule has 270 valence electrons. The maximum atomic E-state index is 11.5. The number of aliphatic hydroxyl groups is 2. The Labute approximate surface area is 301 Å². The van der Waals surface area contributed by atoms with Crippen LogP contribution in [-0.2, 0) is 23.6 Å². The third-order valence-corrected chi connectivity index (χ3v) is 8.96. The number of benzene rings is 2. The largest absolute Gasteiger partial charge is 0.482 e. The molecule has 0 bridgehead atoms. The fraction of sp³-hybridized carbons (Fsp3) is 0.400. The minimum Gasteiger partial charge on any atom is -0.482 e. The van der Waals surface area contributed by atoms with Gasteiger partial charge in [0.1, 0.15) is 23.7 Å². The van der Waals surface area contributed by atoms with Gasteiger partial charge in [-0.05, 0) is 50.2 Å². The number of hydrogen-bond acceptors (Lipinski definition) is 13. The molecule has 4 heterocycles. The summed E-state index contributed by atoms with van der Waals surface area (Å²) < 4.78 is 37.3. The third kappa shape index (κ3) is 7.92. The van der Waals surface area contributed by atoms with Gasteiger partial charge in [0.15, 0.2) is 23.4 Å². The summed E-state index contributed by atoms with van der Waals surface area (Å²) in [6.07, 6.45) is -3.68. The molecule has 16 heteroatoms. The van der Waals surface area contributed by atoms with Gasteiger partial charge in [-0.25, -0.2) is 9.36 Å². The number of methoxy groups -OCH3 is 2. The maximum absolute atomic E-state index is 11.5. The molecule has 0 spiro atoms.